The Morgan fingerprint density at radius 3 is 2.78 bits per heavy atom. The van der Waals surface area contributed by atoms with Gasteiger partial charge in [0.15, 0.2) is 0 Å². The van der Waals surface area contributed by atoms with Crippen LogP contribution in [-0.4, -0.2) is 48.7 Å². The summed E-state index contributed by atoms with van der Waals surface area (Å²) >= 11 is 0. The van der Waals surface area contributed by atoms with Gasteiger partial charge in [-0.3, -0.25) is 9.59 Å². The van der Waals surface area contributed by atoms with Crippen molar-refractivity contribution in [2.24, 2.45) is 11.8 Å². The number of hydrogen-bond donors (Lipinski definition) is 0. The summed E-state index contributed by atoms with van der Waals surface area (Å²) in [7, 11) is 1.63. The first-order chi connectivity index (χ1) is 13.0. The van der Waals surface area contributed by atoms with E-state index in [0.29, 0.717) is 13.2 Å². The first-order valence-corrected chi connectivity index (χ1v) is 9.49. The summed E-state index contributed by atoms with van der Waals surface area (Å²) in [6, 6.07) is 7.58. The molecule has 2 bridgehead atoms. The van der Waals surface area contributed by atoms with Crippen molar-refractivity contribution in [3.05, 3.63) is 42.0 Å². The van der Waals surface area contributed by atoms with Crippen molar-refractivity contribution in [3.8, 4) is 5.75 Å². The number of hydrogen-bond acceptors (Lipinski definition) is 5. The van der Waals surface area contributed by atoms with Gasteiger partial charge >= 0.3 is 5.97 Å². The summed E-state index contributed by atoms with van der Waals surface area (Å²) in [5.41, 5.74) is 0.308. The minimum absolute atomic E-state index is 0.0383. The Balaban J connectivity index is 1.57. The lowest BCUT2D eigenvalue weighted by Gasteiger charge is -2.27. The van der Waals surface area contributed by atoms with Gasteiger partial charge in [-0.15, -0.1) is 0 Å². The molecule has 3 aliphatic heterocycles. The summed E-state index contributed by atoms with van der Waals surface area (Å²) in [6.07, 6.45) is 4.26. The van der Waals surface area contributed by atoms with E-state index in [1.165, 1.54) is 0 Å². The van der Waals surface area contributed by atoms with Crippen molar-refractivity contribution in [1.29, 1.82) is 0 Å². The number of carbonyl (C=O) groups is 2. The maximum atomic E-state index is 13.3. The third kappa shape index (κ3) is 2.74. The lowest BCUT2D eigenvalue weighted by atomic mass is 9.77. The zero-order chi connectivity index (χ0) is 19.2. The molecule has 0 aromatic heterocycles. The molecule has 1 amide bonds. The van der Waals surface area contributed by atoms with Crippen LogP contribution in [0.2, 0.25) is 0 Å². The van der Waals surface area contributed by atoms with Crippen LogP contribution in [0.3, 0.4) is 0 Å². The summed E-state index contributed by atoms with van der Waals surface area (Å²) in [6.45, 7) is 4.77. The highest BCUT2D eigenvalue weighted by Crippen LogP contribution is 2.53. The summed E-state index contributed by atoms with van der Waals surface area (Å²) in [5, 5.41) is 0. The van der Waals surface area contributed by atoms with Crippen molar-refractivity contribution < 1.29 is 23.8 Å². The Bertz CT molecular complexity index is 773. The number of benzene rings is 1. The SMILES string of the molecule is CCCOC(=O)[C@H]1[C@H]2C=C[C@@]3(CN([C@@H](C)c4ccc(OC)cc4)C(=O)[C@@H]13)O2. The second-order valence-electron chi connectivity index (χ2n) is 7.48. The highest BCUT2D eigenvalue weighted by molar-refractivity contribution is 5.91. The van der Waals surface area contributed by atoms with Gasteiger partial charge < -0.3 is 19.1 Å². The van der Waals surface area contributed by atoms with Crippen LogP contribution in [0.5, 0.6) is 5.75 Å². The van der Waals surface area contributed by atoms with Crippen LogP contribution in [0.1, 0.15) is 31.9 Å². The summed E-state index contributed by atoms with van der Waals surface area (Å²) < 4.78 is 16.7. The van der Waals surface area contributed by atoms with E-state index < -0.39 is 17.4 Å². The first kappa shape index (κ1) is 18.0. The molecule has 3 aliphatic rings. The van der Waals surface area contributed by atoms with Gasteiger partial charge in [0, 0.05) is 0 Å². The van der Waals surface area contributed by atoms with E-state index in [2.05, 4.69) is 0 Å². The smallest absolute Gasteiger partial charge is 0.312 e. The topological polar surface area (TPSA) is 65.1 Å². The molecule has 2 fully saturated rings. The normalized spacial score (nSPS) is 31.9. The second kappa shape index (κ2) is 6.68. The number of amides is 1. The largest absolute Gasteiger partial charge is 0.497 e. The highest BCUT2D eigenvalue weighted by Gasteiger charge is 2.67. The molecule has 4 rings (SSSR count). The predicted molar refractivity (Wildman–Crippen MR) is 98.1 cm³/mol. The molecule has 3 heterocycles. The van der Waals surface area contributed by atoms with Crippen LogP contribution < -0.4 is 4.74 Å². The Labute approximate surface area is 159 Å². The molecule has 144 valence electrons. The van der Waals surface area contributed by atoms with Crippen LogP contribution in [0.25, 0.3) is 0 Å². The van der Waals surface area contributed by atoms with E-state index in [0.717, 1.165) is 17.7 Å². The molecule has 6 heteroatoms. The van der Waals surface area contributed by atoms with Crippen molar-refractivity contribution in [2.45, 2.75) is 38.0 Å². The molecule has 0 unspecified atom stereocenters. The fourth-order valence-electron chi connectivity index (χ4n) is 4.49. The van der Waals surface area contributed by atoms with Gasteiger partial charge in [-0.05, 0) is 31.0 Å². The molecule has 0 radical (unpaired) electrons. The Kier molecular flexibility index (Phi) is 4.46. The van der Waals surface area contributed by atoms with Gasteiger partial charge in [0.2, 0.25) is 5.91 Å². The van der Waals surface area contributed by atoms with Crippen LogP contribution in [0.15, 0.2) is 36.4 Å². The van der Waals surface area contributed by atoms with E-state index in [1.807, 2.05) is 55.2 Å². The number of rotatable bonds is 6. The number of methoxy groups -OCH3 is 1. The fraction of sp³-hybridized carbons (Fsp3) is 0.524. The Morgan fingerprint density at radius 2 is 2.11 bits per heavy atom. The fourth-order valence-corrected chi connectivity index (χ4v) is 4.49. The van der Waals surface area contributed by atoms with E-state index in [-0.39, 0.29) is 24.0 Å². The third-order valence-electron chi connectivity index (χ3n) is 5.92. The molecule has 27 heavy (non-hydrogen) atoms. The van der Waals surface area contributed by atoms with Crippen molar-refractivity contribution >= 4 is 11.9 Å². The molecule has 1 aromatic rings. The van der Waals surface area contributed by atoms with Gasteiger partial charge in [-0.1, -0.05) is 31.2 Å². The van der Waals surface area contributed by atoms with Crippen LogP contribution in [0.4, 0.5) is 0 Å². The number of likely N-dealkylation sites (tertiary alicyclic amines) is 1. The predicted octanol–water partition coefficient (Wildman–Crippen LogP) is 2.49. The van der Waals surface area contributed by atoms with E-state index in [9.17, 15) is 9.59 Å². The van der Waals surface area contributed by atoms with Crippen LogP contribution in [0, 0.1) is 11.8 Å². The molecule has 0 aliphatic carbocycles. The van der Waals surface area contributed by atoms with Crippen LogP contribution >= 0.6 is 0 Å². The van der Waals surface area contributed by atoms with E-state index in [4.69, 9.17) is 14.2 Å². The van der Waals surface area contributed by atoms with Gasteiger partial charge in [0.25, 0.3) is 0 Å². The van der Waals surface area contributed by atoms with E-state index in [1.54, 1.807) is 7.11 Å². The van der Waals surface area contributed by atoms with Gasteiger partial charge in [-0.2, -0.15) is 0 Å². The van der Waals surface area contributed by atoms with Gasteiger partial charge in [-0.25, -0.2) is 0 Å². The lowest BCUT2D eigenvalue weighted by Crippen LogP contribution is -2.40. The molecule has 2 saturated heterocycles. The van der Waals surface area contributed by atoms with E-state index >= 15 is 0 Å². The highest BCUT2D eigenvalue weighted by atomic mass is 16.6. The minimum atomic E-state index is -0.710. The number of fused-ring (bicyclic) bond motifs is 1. The monoisotopic (exact) mass is 371 g/mol. The van der Waals surface area contributed by atoms with Crippen LogP contribution in [-0.2, 0) is 19.1 Å². The molecule has 6 nitrogen and oxygen atoms in total. The second-order valence-corrected chi connectivity index (χ2v) is 7.48. The number of carbonyl (C=O) groups excluding carboxylic acids is 2. The van der Waals surface area contributed by atoms with Crippen molar-refractivity contribution in [3.63, 3.8) is 0 Å². The standard InChI is InChI=1S/C21H25NO5/c1-4-11-26-20(24)17-16-9-10-21(27-16)12-22(19(23)18(17)21)13(2)14-5-7-15(25-3)8-6-14/h5-10,13,16-18H,4,11-12H2,1-3H3/t13-,16+,17-,18+,21-/m0/s1. The van der Waals surface area contributed by atoms with Crippen molar-refractivity contribution in [1.82, 2.24) is 4.90 Å². The quantitative estimate of drug-likeness (QED) is 0.568. The maximum absolute atomic E-state index is 13.3. The Hall–Kier alpha value is -2.34. The number of esters is 1. The third-order valence-corrected chi connectivity index (χ3v) is 5.92. The van der Waals surface area contributed by atoms with Gasteiger partial charge in [0.1, 0.15) is 17.3 Å². The summed E-state index contributed by atoms with van der Waals surface area (Å²) in [5.74, 6) is -0.647. The zero-order valence-electron chi connectivity index (χ0n) is 15.9. The number of ether oxygens (including phenoxy) is 3. The Morgan fingerprint density at radius 1 is 1.37 bits per heavy atom. The van der Waals surface area contributed by atoms with Crippen molar-refractivity contribution in [2.75, 3.05) is 20.3 Å². The molecule has 0 saturated carbocycles. The molecule has 1 spiro atoms. The summed E-state index contributed by atoms with van der Waals surface area (Å²) in [4.78, 5) is 27.7. The first-order valence-electron chi connectivity index (χ1n) is 9.49. The average Bonchev–Trinajstić information content (AvgIpc) is 3.34. The lowest BCUT2D eigenvalue weighted by molar-refractivity contribution is -0.154. The minimum Gasteiger partial charge on any atom is -0.497 e. The average molecular weight is 371 g/mol. The molecular weight excluding hydrogens is 346 g/mol. The number of nitrogens with zero attached hydrogens (tertiary/aromatic N) is 1. The molecule has 0 N–H and O–H groups in total. The molecule has 5 atom stereocenters. The van der Waals surface area contributed by atoms with Gasteiger partial charge in [0.05, 0.1) is 38.3 Å². The zero-order valence-corrected chi connectivity index (χ0v) is 15.9. The molecular formula is C21H25NO5. The maximum Gasteiger partial charge on any atom is 0.312 e. The molecule has 1 aromatic carbocycles.